The van der Waals surface area contributed by atoms with Gasteiger partial charge in [0.25, 0.3) is 0 Å². The Hall–Kier alpha value is -0.710. The minimum Gasteiger partial charge on any atom is -0.388 e. The van der Waals surface area contributed by atoms with Crippen molar-refractivity contribution in [3.8, 4) is 0 Å². The minimum atomic E-state index is -0.614. The van der Waals surface area contributed by atoms with Gasteiger partial charge in [-0.15, -0.1) is 11.8 Å². The van der Waals surface area contributed by atoms with Crippen molar-refractivity contribution in [3.05, 3.63) is 63.6 Å². The molecular formula is C17H19Cl2NOS. The summed E-state index contributed by atoms with van der Waals surface area (Å²) in [6, 6.07) is 13.5. The predicted molar refractivity (Wildman–Crippen MR) is 96.3 cm³/mol. The van der Waals surface area contributed by atoms with Gasteiger partial charge in [0.2, 0.25) is 0 Å². The zero-order chi connectivity index (χ0) is 16.1. The van der Waals surface area contributed by atoms with Gasteiger partial charge >= 0.3 is 0 Å². The molecule has 0 heterocycles. The molecule has 22 heavy (non-hydrogen) atoms. The van der Waals surface area contributed by atoms with Crippen molar-refractivity contribution in [2.75, 3.05) is 19.8 Å². The van der Waals surface area contributed by atoms with Gasteiger partial charge < -0.3 is 10.4 Å². The third-order valence-corrected chi connectivity index (χ3v) is 5.08. The van der Waals surface area contributed by atoms with Crippen LogP contribution in [0, 0.1) is 0 Å². The predicted octanol–water partition coefficient (Wildman–Crippen LogP) is 4.75. The summed E-state index contributed by atoms with van der Waals surface area (Å²) in [6.07, 6.45) is 1.41. The molecule has 0 aliphatic heterocycles. The van der Waals surface area contributed by atoms with Crippen molar-refractivity contribution in [2.45, 2.75) is 16.9 Å². The molecule has 0 amide bonds. The quantitative estimate of drug-likeness (QED) is 0.733. The maximum Gasteiger partial charge on any atom is 0.0871 e. The number of hydrogen-bond donors (Lipinski definition) is 2. The summed E-state index contributed by atoms with van der Waals surface area (Å²) in [5, 5.41) is 15.0. The van der Waals surface area contributed by atoms with Gasteiger partial charge in [-0.1, -0.05) is 41.4 Å². The van der Waals surface area contributed by atoms with Crippen molar-refractivity contribution in [1.82, 2.24) is 5.32 Å². The molecule has 118 valence electrons. The topological polar surface area (TPSA) is 32.3 Å². The maximum absolute atomic E-state index is 10.8. The number of aliphatic hydroxyl groups excluding tert-OH is 1. The first-order valence-corrected chi connectivity index (χ1v) is 8.96. The summed E-state index contributed by atoms with van der Waals surface area (Å²) in [7, 11) is 1.87. The molecule has 0 saturated carbocycles. The molecule has 2 aromatic carbocycles. The molecule has 0 bridgehead atoms. The van der Waals surface area contributed by atoms with Crippen molar-refractivity contribution in [3.63, 3.8) is 0 Å². The first kappa shape index (κ1) is 17.6. The van der Waals surface area contributed by atoms with Gasteiger partial charge in [-0.2, -0.15) is 0 Å². The number of halogens is 2. The van der Waals surface area contributed by atoms with E-state index in [0.717, 1.165) is 16.0 Å². The Bertz CT molecular complexity index is 636. The van der Waals surface area contributed by atoms with E-state index < -0.39 is 6.10 Å². The van der Waals surface area contributed by atoms with E-state index in [-0.39, 0.29) is 5.92 Å². The van der Waals surface area contributed by atoms with Crippen LogP contribution in [-0.4, -0.2) is 25.0 Å². The van der Waals surface area contributed by atoms with Crippen LogP contribution < -0.4 is 5.32 Å². The van der Waals surface area contributed by atoms with Crippen molar-refractivity contribution in [2.24, 2.45) is 0 Å². The highest BCUT2D eigenvalue weighted by molar-refractivity contribution is 7.98. The van der Waals surface area contributed by atoms with Crippen LogP contribution in [-0.2, 0) is 0 Å². The van der Waals surface area contributed by atoms with Gasteiger partial charge in [0, 0.05) is 17.4 Å². The van der Waals surface area contributed by atoms with Gasteiger partial charge in [-0.05, 0) is 48.7 Å². The molecule has 1 unspecified atom stereocenters. The minimum absolute atomic E-state index is 0.100. The number of hydrogen-bond acceptors (Lipinski definition) is 3. The van der Waals surface area contributed by atoms with Gasteiger partial charge in [0.05, 0.1) is 16.1 Å². The smallest absolute Gasteiger partial charge is 0.0871 e. The molecule has 0 fully saturated rings. The second-order valence-corrected chi connectivity index (χ2v) is 6.75. The van der Waals surface area contributed by atoms with Crippen LogP contribution in [0.15, 0.2) is 47.4 Å². The first-order valence-electron chi connectivity index (χ1n) is 6.98. The first-order chi connectivity index (χ1) is 10.6. The maximum atomic E-state index is 10.8. The summed E-state index contributed by atoms with van der Waals surface area (Å²) >= 11 is 13.8. The van der Waals surface area contributed by atoms with Crippen LogP contribution in [0.2, 0.25) is 10.0 Å². The lowest BCUT2D eigenvalue weighted by Crippen LogP contribution is -2.23. The molecule has 2 atom stereocenters. The summed E-state index contributed by atoms with van der Waals surface area (Å²) in [6.45, 7) is 0.641. The Morgan fingerprint density at radius 2 is 1.86 bits per heavy atom. The normalized spacial score (nSPS) is 13.9. The molecule has 0 spiro atoms. The average molecular weight is 356 g/mol. The summed E-state index contributed by atoms with van der Waals surface area (Å²) in [4.78, 5) is 1.13. The summed E-state index contributed by atoms with van der Waals surface area (Å²) in [5.41, 5.74) is 1.86. The molecular weight excluding hydrogens is 337 g/mol. The fourth-order valence-electron chi connectivity index (χ4n) is 2.43. The van der Waals surface area contributed by atoms with Gasteiger partial charge in [0.15, 0.2) is 0 Å². The van der Waals surface area contributed by atoms with Crippen molar-refractivity contribution < 1.29 is 5.11 Å². The van der Waals surface area contributed by atoms with E-state index in [9.17, 15) is 5.11 Å². The fourth-order valence-corrected chi connectivity index (χ4v) is 3.21. The Balaban J connectivity index is 2.35. The highest BCUT2D eigenvalue weighted by Gasteiger charge is 2.23. The number of rotatable bonds is 6. The van der Waals surface area contributed by atoms with Crippen molar-refractivity contribution >= 4 is 35.0 Å². The molecule has 0 aromatic heterocycles. The SMILES string of the molecule is CNCC(c1ccc(Cl)c(Cl)c1)[C@@H](O)c1cccc(SC)c1. The average Bonchev–Trinajstić information content (AvgIpc) is 2.54. The molecule has 2 rings (SSSR count). The van der Waals surface area contributed by atoms with Crippen LogP contribution in [0.4, 0.5) is 0 Å². The second-order valence-electron chi connectivity index (χ2n) is 5.06. The van der Waals surface area contributed by atoms with E-state index in [1.54, 1.807) is 17.8 Å². The fraction of sp³-hybridized carbons (Fsp3) is 0.294. The number of aliphatic hydroxyl groups is 1. The Morgan fingerprint density at radius 3 is 2.50 bits per heavy atom. The Kier molecular flexibility index (Phi) is 6.60. The lowest BCUT2D eigenvalue weighted by molar-refractivity contribution is 0.144. The zero-order valence-corrected chi connectivity index (χ0v) is 14.8. The third kappa shape index (κ3) is 4.18. The molecule has 2 aromatic rings. The van der Waals surface area contributed by atoms with Gasteiger partial charge in [0.1, 0.15) is 0 Å². The van der Waals surface area contributed by atoms with Crippen LogP contribution in [0.3, 0.4) is 0 Å². The van der Waals surface area contributed by atoms with Crippen LogP contribution in [0.25, 0.3) is 0 Å². The molecule has 0 aliphatic carbocycles. The lowest BCUT2D eigenvalue weighted by Gasteiger charge is -2.24. The number of nitrogens with one attached hydrogen (secondary N) is 1. The molecule has 0 radical (unpaired) electrons. The Labute approximate surface area is 145 Å². The number of likely N-dealkylation sites (N-methyl/N-ethyl adjacent to an activating group) is 1. The Morgan fingerprint density at radius 1 is 1.09 bits per heavy atom. The third-order valence-electron chi connectivity index (χ3n) is 3.61. The van der Waals surface area contributed by atoms with E-state index >= 15 is 0 Å². The molecule has 2 nitrogen and oxygen atoms in total. The molecule has 5 heteroatoms. The monoisotopic (exact) mass is 355 g/mol. The molecule has 0 saturated heterocycles. The van der Waals surface area contributed by atoms with Crippen molar-refractivity contribution in [1.29, 1.82) is 0 Å². The van der Waals surface area contributed by atoms with Crippen LogP contribution in [0.1, 0.15) is 23.1 Å². The summed E-state index contributed by atoms with van der Waals surface area (Å²) < 4.78 is 0. The second kappa shape index (κ2) is 8.23. The standard InChI is InChI=1S/C17H19Cl2NOS/c1-20-10-14(11-6-7-15(18)16(19)9-11)17(21)12-4-3-5-13(8-12)22-2/h3-9,14,17,20-21H,10H2,1-2H3/t14?,17-/m0/s1. The summed E-state index contributed by atoms with van der Waals surface area (Å²) in [5.74, 6) is -0.100. The lowest BCUT2D eigenvalue weighted by atomic mass is 9.89. The number of thioether (sulfide) groups is 1. The number of benzene rings is 2. The van der Waals surface area contributed by atoms with Crippen LogP contribution >= 0.6 is 35.0 Å². The van der Waals surface area contributed by atoms with E-state index in [4.69, 9.17) is 23.2 Å². The molecule has 0 aliphatic rings. The highest BCUT2D eigenvalue weighted by atomic mass is 35.5. The van der Waals surface area contributed by atoms with E-state index in [2.05, 4.69) is 5.32 Å². The van der Waals surface area contributed by atoms with E-state index in [1.165, 1.54) is 0 Å². The van der Waals surface area contributed by atoms with E-state index in [1.807, 2.05) is 49.7 Å². The van der Waals surface area contributed by atoms with Crippen LogP contribution in [0.5, 0.6) is 0 Å². The molecule has 2 N–H and O–H groups in total. The highest BCUT2D eigenvalue weighted by Crippen LogP contribution is 2.34. The van der Waals surface area contributed by atoms with Gasteiger partial charge in [-0.25, -0.2) is 0 Å². The zero-order valence-electron chi connectivity index (χ0n) is 12.5. The largest absolute Gasteiger partial charge is 0.388 e. The van der Waals surface area contributed by atoms with E-state index in [0.29, 0.717) is 16.6 Å². The van der Waals surface area contributed by atoms with Gasteiger partial charge in [-0.3, -0.25) is 0 Å².